The Morgan fingerprint density at radius 1 is 1.26 bits per heavy atom. The lowest BCUT2D eigenvalue weighted by Crippen LogP contribution is -2.26. The molecule has 0 saturated heterocycles. The van der Waals surface area contributed by atoms with Crippen LogP contribution in [0.1, 0.15) is 21.5 Å². The van der Waals surface area contributed by atoms with Gasteiger partial charge in [0.2, 0.25) is 0 Å². The molecular formula is C18H16ClN5O3. The van der Waals surface area contributed by atoms with Crippen LogP contribution in [0.15, 0.2) is 55.1 Å². The van der Waals surface area contributed by atoms with E-state index in [0.29, 0.717) is 22.7 Å². The first-order chi connectivity index (χ1) is 12.9. The third kappa shape index (κ3) is 4.48. The van der Waals surface area contributed by atoms with Gasteiger partial charge < -0.3 is 4.90 Å². The maximum atomic E-state index is 12.6. The van der Waals surface area contributed by atoms with Crippen LogP contribution in [-0.2, 0) is 13.1 Å². The zero-order valence-corrected chi connectivity index (χ0v) is 15.2. The largest absolute Gasteiger partial charge is 0.337 e. The third-order valence-corrected chi connectivity index (χ3v) is 4.38. The van der Waals surface area contributed by atoms with Crippen molar-refractivity contribution in [3.63, 3.8) is 0 Å². The van der Waals surface area contributed by atoms with Crippen molar-refractivity contribution in [3.05, 3.63) is 86.9 Å². The summed E-state index contributed by atoms with van der Waals surface area (Å²) < 4.78 is 1.69. The highest BCUT2D eigenvalue weighted by Gasteiger charge is 2.16. The summed E-state index contributed by atoms with van der Waals surface area (Å²) in [7, 11) is 1.63. The molecule has 0 bridgehead atoms. The number of carbonyl (C=O) groups excluding carboxylic acids is 1. The molecule has 0 unspecified atom stereocenters. The molecule has 0 spiro atoms. The number of hydrogen-bond donors (Lipinski definition) is 0. The Kier molecular flexibility index (Phi) is 5.46. The van der Waals surface area contributed by atoms with Gasteiger partial charge in [0.05, 0.1) is 11.5 Å². The van der Waals surface area contributed by atoms with Crippen LogP contribution in [0.5, 0.6) is 0 Å². The number of rotatable bonds is 6. The van der Waals surface area contributed by atoms with Crippen molar-refractivity contribution in [1.82, 2.24) is 19.7 Å². The van der Waals surface area contributed by atoms with Crippen molar-refractivity contribution in [3.8, 4) is 0 Å². The van der Waals surface area contributed by atoms with Gasteiger partial charge in [-0.25, -0.2) is 9.67 Å². The predicted molar refractivity (Wildman–Crippen MR) is 99.5 cm³/mol. The lowest BCUT2D eigenvalue weighted by molar-refractivity contribution is -0.384. The first-order valence-corrected chi connectivity index (χ1v) is 8.41. The molecule has 1 heterocycles. The van der Waals surface area contributed by atoms with Crippen LogP contribution in [0.2, 0.25) is 5.02 Å². The van der Waals surface area contributed by atoms with Gasteiger partial charge in [0.15, 0.2) is 0 Å². The molecule has 0 N–H and O–H groups in total. The second-order valence-corrected chi connectivity index (χ2v) is 6.39. The van der Waals surface area contributed by atoms with Crippen LogP contribution in [0, 0.1) is 10.1 Å². The fourth-order valence-electron chi connectivity index (χ4n) is 2.60. The number of amides is 1. The Morgan fingerprint density at radius 3 is 2.63 bits per heavy atom. The standard InChI is InChI=1S/C18H16ClN5O3/c1-22(10-15-8-16(24(26)27)6-7-17(15)19)18(25)14-4-2-13(3-5-14)9-23-12-20-11-21-23/h2-8,11-12H,9-10H2,1H3. The van der Waals surface area contributed by atoms with Gasteiger partial charge in [0.1, 0.15) is 12.7 Å². The first kappa shape index (κ1) is 18.5. The SMILES string of the molecule is CN(Cc1cc([N+](=O)[O-])ccc1Cl)C(=O)c1ccc(Cn2cncn2)cc1. The Morgan fingerprint density at radius 2 is 2.00 bits per heavy atom. The minimum atomic E-state index is -0.491. The smallest absolute Gasteiger partial charge is 0.269 e. The molecule has 0 fully saturated rings. The van der Waals surface area contributed by atoms with Gasteiger partial charge in [-0.05, 0) is 29.3 Å². The maximum absolute atomic E-state index is 12.6. The molecule has 1 aromatic heterocycles. The maximum Gasteiger partial charge on any atom is 0.269 e. The van der Waals surface area contributed by atoms with Gasteiger partial charge in [-0.1, -0.05) is 23.7 Å². The number of aromatic nitrogens is 3. The molecule has 27 heavy (non-hydrogen) atoms. The highest BCUT2D eigenvalue weighted by molar-refractivity contribution is 6.31. The average Bonchev–Trinajstić information content (AvgIpc) is 3.16. The molecule has 8 nitrogen and oxygen atoms in total. The lowest BCUT2D eigenvalue weighted by Gasteiger charge is -2.18. The number of carbonyl (C=O) groups is 1. The van der Waals surface area contributed by atoms with Gasteiger partial charge in [0.25, 0.3) is 11.6 Å². The van der Waals surface area contributed by atoms with E-state index >= 15 is 0 Å². The van der Waals surface area contributed by atoms with E-state index in [1.807, 2.05) is 12.1 Å². The summed E-state index contributed by atoms with van der Waals surface area (Å²) >= 11 is 6.11. The number of hydrogen-bond acceptors (Lipinski definition) is 5. The second kappa shape index (κ2) is 7.96. The highest BCUT2D eigenvalue weighted by atomic mass is 35.5. The predicted octanol–water partition coefficient (Wildman–Crippen LogP) is 3.16. The van der Waals surface area contributed by atoms with Gasteiger partial charge in [-0.3, -0.25) is 14.9 Å². The molecule has 1 amide bonds. The van der Waals surface area contributed by atoms with Crippen LogP contribution in [0.4, 0.5) is 5.69 Å². The van der Waals surface area contributed by atoms with E-state index in [0.717, 1.165) is 5.56 Å². The number of nitrogens with zero attached hydrogens (tertiary/aromatic N) is 5. The Hall–Kier alpha value is -3.26. The number of halogens is 1. The van der Waals surface area contributed by atoms with Crippen molar-refractivity contribution < 1.29 is 9.72 Å². The molecule has 0 aliphatic heterocycles. The third-order valence-electron chi connectivity index (χ3n) is 4.01. The van der Waals surface area contributed by atoms with Crippen molar-refractivity contribution >= 4 is 23.2 Å². The van der Waals surface area contributed by atoms with Gasteiger partial charge >= 0.3 is 0 Å². The fourth-order valence-corrected chi connectivity index (χ4v) is 2.78. The van der Waals surface area contributed by atoms with Crippen LogP contribution >= 0.6 is 11.6 Å². The minimum Gasteiger partial charge on any atom is -0.337 e. The number of benzene rings is 2. The van der Waals surface area contributed by atoms with E-state index in [1.165, 1.54) is 29.4 Å². The summed E-state index contributed by atoms with van der Waals surface area (Å²) in [5, 5.41) is 15.3. The molecular weight excluding hydrogens is 370 g/mol. The summed E-state index contributed by atoms with van der Waals surface area (Å²) in [6.07, 6.45) is 3.08. The normalized spacial score (nSPS) is 10.6. The summed E-state index contributed by atoms with van der Waals surface area (Å²) in [6, 6.07) is 11.4. The quantitative estimate of drug-likeness (QED) is 0.480. The Labute approximate surface area is 160 Å². The van der Waals surface area contributed by atoms with Crippen molar-refractivity contribution in [1.29, 1.82) is 0 Å². The van der Waals surface area contributed by atoms with E-state index in [2.05, 4.69) is 10.1 Å². The topological polar surface area (TPSA) is 94.2 Å². The number of nitro benzene ring substituents is 1. The molecule has 3 rings (SSSR count). The average molecular weight is 386 g/mol. The molecule has 0 radical (unpaired) electrons. The summed E-state index contributed by atoms with van der Waals surface area (Å²) in [4.78, 5) is 28.4. The van der Waals surface area contributed by atoms with Crippen LogP contribution in [0.25, 0.3) is 0 Å². The Balaban J connectivity index is 1.70. The summed E-state index contributed by atoms with van der Waals surface area (Å²) in [6.45, 7) is 0.730. The van der Waals surface area contributed by atoms with E-state index in [-0.39, 0.29) is 18.1 Å². The van der Waals surface area contributed by atoms with Crippen molar-refractivity contribution in [2.75, 3.05) is 7.05 Å². The van der Waals surface area contributed by atoms with Gasteiger partial charge in [-0.2, -0.15) is 5.10 Å². The van der Waals surface area contributed by atoms with E-state index in [9.17, 15) is 14.9 Å². The van der Waals surface area contributed by atoms with Crippen molar-refractivity contribution in [2.45, 2.75) is 13.1 Å². The van der Waals surface area contributed by atoms with E-state index < -0.39 is 4.92 Å². The zero-order valence-electron chi connectivity index (χ0n) is 14.4. The number of non-ortho nitro benzene ring substituents is 1. The molecule has 138 valence electrons. The lowest BCUT2D eigenvalue weighted by atomic mass is 10.1. The van der Waals surface area contributed by atoms with Crippen LogP contribution < -0.4 is 0 Å². The van der Waals surface area contributed by atoms with Crippen LogP contribution in [-0.4, -0.2) is 37.5 Å². The molecule has 0 aliphatic carbocycles. The number of nitro groups is 1. The van der Waals surface area contributed by atoms with E-state index in [1.54, 1.807) is 30.2 Å². The van der Waals surface area contributed by atoms with Gasteiger partial charge in [0, 0.05) is 36.3 Å². The molecule has 3 aromatic rings. The summed E-state index contributed by atoms with van der Waals surface area (Å²) in [5.74, 6) is -0.204. The molecule has 0 aliphatic rings. The highest BCUT2D eigenvalue weighted by Crippen LogP contribution is 2.23. The molecule has 0 atom stereocenters. The monoisotopic (exact) mass is 385 g/mol. The molecule has 2 aromatic carbocycles. The zero-order chi connectivity index (χ0) is 19.4. The molecule has 0 saturated carbocycles. The second-order valence-electron chi connectivity index (χ2n) is 5.98. The van der Waals surface area contributed by atoms with Crippen LogP contribution in [0.3, 0.4) is 0 Å². The minimum absolute atomic E-state index is 0.0623. The van der Waals surface area contributed by atoms with E-state index in [4.69, 9.17) is 11.6 Å². The summed E-state index contributed by atoms with van der Waals surface area (Å²) in [5.41, 5.74) is 1.96. The Bertz CT molecular complexity index is 958. The first-order valence-electron chi connectivity index (χ1n) is 8.03. The molecule has 9 heteroatoms. The fraction of sp³-hybridized carbons (Fsp3) is 0.167. The van der Waals surface area contributed by atoms with Crippen molar-refractivity contribution in [2.24, 2.45) is 0 Å². The van der Waals surface area contributed by atoms with Gasteiger partial charge in [-0.15, -0.1) is 0 Å².